The summed E-state index contributed by atoms with van der Waals surface area (Å²) in [6.07, 6.45) is -0.802. The number of hydrogen-bond donors (Lipinski definition) is 1. The molecule has 0 saturated carbocycles. The molecule has 0 aliphatic rings. The average molecular weight is 280 g/mol. The molecule has 1 nitrogen and oxygen atoms in total. The smallest absolute Gasteiger partial charge is 0.137 e. The molecule has 1 N–H and O–H groups in total. The van der Waals surface area contributed by atoms with Gasteiger partial charge in [0, 0.05) is 9.79 Å². The number of aliphatic hydroxyl groups is 1. The zero-order chi connectivity index (χ0) is 14.0. The zero-order valence-corrected chi connectivity index (χ0v) is 11.5. The van der Waals surface area contributed by atoms with Crippen molar-refractivity contribution in [2.45, 2.75) is 29.7 Å². The van der Waals surface area contributed by atoms with Crippen LogP contribution in [-0.4, -0.2) is 5.11 Å². The van der Waals surface area contributed by atoms with Crippen molar-refractivity contribution in [1.82, 2.24) is 0 Å². The molecule has 100 valence electrons. The minimum Gasteiger partial charge on any atom is -0.389 e. The average Bonchev–Trinajstić information content (AvgIpc) is 2.36. The first-order chi connectivity index (χ1) is 8.99. The van der Waals surface area contributed by atoms with Gasteiger partial charge in [0.1, 0.15) is 11.6 Å². The summed E-state index contributed by atoms with van der Waals surface area (Å²) in [5.41, 5.74) is 0.944. The maximum atomic E-state index is 13.6. The van der Waals surface area contributed by atoms with Crippen LogP contribution in [0.2, 0.25) is 0 Å². The van der Waals surface area contributed by atoms with Crippen molar-refractivity contribution in [3.63, 3.8) is 0 Å². The first-order valence-corrected chi connectivity index (χ1v) is 6.71. The van der Waals surface area contributed by atoms with Crippen molar-refractivity contribution < 1.29 is 13.9 Å². The third-order valence-electron chi connectivity index (χ3n) is 2.80. The van der Waals surface area contributed by atoms with Gasteiger partial charge in [0.15, 0.2) is 0 Å². The molecule has 0 fully saturated rings. The SMILES string of the molecule is Cc1cc(Sc2ccccc2F)c([C@H](C)O)cc1F. The molecule has 2 aromatic rings. The molecule has 1 atom stereocenters. The zero-order valence-electron chi connectivity index (χ0n) is 10.7. The fraction of sp³-hybridized carbons (Fsp3) is 0.200. The second-order valence-corrected chi connectivity index (χ2v) is 5.43. The van der Waals surface area contributed by atoms with Crippen LogP contribution in [0, 0.1) is 18.6 Å². The second kappa shape index (κ2) is 5.72. The van der Waals surface area contributed by atoms with Crippen LogP contribution in [0.4, 0.5) is 8.78 Å². The van der Waals surface area contributed by atoms with Crippen LogP contribution in [-0.2, 0) is 0 Å². The first kappa shape index (κ1) is 14.0. The maximum absolute atomic E-state index is 13.6. The largest absolute Gasteiger partial charge is 0.389 e. The van der Waals surface area contributed by atoms with E-state index in [4.69, 9.17) is 0 Å². The number of benzene rings is 2. The predicted molar refractivity (Wildman–Crippen MR) is 72.3 cm³/mol. The Labute approximate surface area is 115 Å². The standard InChI is InChI=1S/C15H14F2OS/c1-9-7-15(11(10(2)18)8-13(9)17)19-14-6-4-3-5-12(14)16/h3-8,10,18H,1-2H3/t10-/m0/s1. The Bertz CT molecular complexity index is 597. The van der Waals surface area contributed by atoms with Crippen molar-refractivity contribution in [2.24, 2.45) is 0 Å². The summed E-state index contributed by atoms with van der Waals surface area (Å²) in [4.78, 5) is 1.12. The number of aliphatic hydroxyl groups excluding tert-OH is 1. The van der Waals surface area contributed by atoms with E-state index in [1.807, 2.05) is 0 Å². The summed E-state index contributed by atoms with van der Waals surface area (Å²) < 4.78 is 27.2. The summed E-state index contributed by atoms with van der Waals surface area (Å²) in [5.74, 6) is -0.695. The van der Waals surface area contributed by atoms with Crippen LogP contribution in [0.1, 0.15) is 24.2 Å². The molecule has 0 heterocycles. The van der Waals surface area contributed by atoms with Crippen molar-refractivity contribution in [3.05, 3.63) is 59.2 Å². The Balaban J connectivity index is 2.45. The molecule has 0 aromatic heterocycles. The van der Waals surface area contributed by atoms with Gasteiger partial charge in [-0.3, -0.25) is 0 Å². The maximum Gasteiger partial charge on any atom is 0.137 e. The van der Waals surface area contributed by atoms with E-state index in [2.05, 4.69) is 0 Å². The lowest BCUT2D eigenvalue weighted by atomic mass is 10.1. The van der Waals surface area contributed by atoms with E-state index in [0.717, 1.165) is 0 Å². The lowest BCUT2D eigenvalue weighted by Gasteiger charge is -2.13. The quantitative estimate of drug-likeness (QED) is 0.894. The van der Waals surface area contributed by atoms with E-state index in [-0.39, 0.29) is 11.6 Å². The van der Waals surface area contributed by atoms with Crippen molar-refractivity contribution in [2.75, 3.05) is 0 Å². The molecule has 2 rings (SSSR count). The Morgan fingerprint density at radius 1 is 1.05 bits per heavy atom. The number of aryl methyl sites for hydroxylation is 1. The van der Waals surface area contributed by atoms with E-state index in [1.165, 1.54) is 23.9 Å². The Hall–Kier alpha value is -1.39. The van der Waals surface area contributed by atoms with Crippen LogP contribution >= 0.6 is 11.8 Å². The van der Waals surface area contributed by atoms with Gasteiger partial charge >= 0.3 is 0 Å². The minimum absolute atomic E-state index is 0.328. The fourth-order valence-corrected chi connectivity index (χ4v) is 2.86. The monoisotopic (exact) mass is 280 g/mol. The molecule has 2 aromatic carbocycles. The van der Waals surface area contributed by atoms with Crippen molar-refractivity contribution in [3.8, 4) is 0 Å². The van der Waals surface area contributed by atoms with Gasteiger partial charge in [0.05, 0.1) is 6.10 Å². The first-order valence-electron chi connectivity index (χ1n) is 5.89. The molecule has 19 heavy (non-hydrogen) atoms. The van der Waals surface area contributed by atoms with Gasteiger partial charge in [-0.15, -0.1) is 0 Å². The van der Waals surface area contributed by atoms with Crippen molar-refractivity contribution in [1.29, 1.82) is 0 Å². The van der Waals surface area contributed by atoms with E-state index < -0.39 is 6.10 Å². The molecular formula is C15H14F2OS. The predicted octanol–water partition coefficient (Wildman–Crippen LogP) is 4.48. The fourth-order valence-electron chi connectivity index (χ4n) is 1.73. The van der Waals surface area contributed by atoms with Crippen LogP contribution in [0.5, 0.6) is 0 Å². The number of hydrogen-bond acceptors (Lipinski definition) is 2. The second-order valence-electron chi connectivity index (χ2n) is 4.35. The summed E-state index contributed by atoms with van der Waals surface area (Å²) in [5, 5.41) is 9.69. The number of rotatable bonds is 3. The summed E-state index contributed by atoms with van der Waals surface area (Å²) in [7, 11) is 0. The molecule has 0 spiro atoms. The lowest BCUT2D eigenvalue weighted by Crippen LogP contribution is -1.97. The topological polar surface area (TPSA) is 20.2 Å². The Kier molecular flexibility index (Phi) is 4.22. The Morgan fingerprint density at radius 2 is 1.74 bits per heavy atom. The van der Waals surface area contributed by atoms with E-state index in [9.17, 15) is 13.9 Å². The molecular weight excluding hydrogens is 266 g/mol. The molecule has 0 aliphatic carbocycles. The molecule has 0 saturated heterocycles. The molecule has 0 bridgehead atoms. The highest BCUT2D eigenvalue weighted by atomic mass is 32.2. The summed E-state index contributed by atoms with van der Waals surface area (Å²) >= 11 is 1.19. The summed E-state index contributed by atoms with van der Waals surface area (Å²) in [6.45, 7) is 3.21. The van der Waals surface area contributed by atoms with Gasteiger partial charge < -0.3 is 5.11 Å². The highest BCUT2D eigenvalue weighted by molar-refractivity contribution is 7.99. The van der Waals surface area contributed by atoms with Crippen LogP contribution in [0.3, 0.4) is 0 Å². The third kappa shape index (κ3) is 3.14. The van der Waals surface area contributed by atoms with Crippen LogP contribution in [0.25, 0.3) is 0 Å². The van der Waals surface area contributed by atoms with Gasteiger partial charge in [-0.2, -0.15) is 0 Å². The van der Waals surface area contributed by atoms with Crippen LogP contribution < -0.4 is 0 Å². The van der Waals surface area contributed by atoms with Gasteiger partial charge in [0.25, 0.3) is 0 Å². The van der Waals surface area contributed by atoms with Gasteiger partial charge in [-0.05, 0) is 49.2 Å². The Morgan fingerprint density at radius 3 is 2.37 bits per heavy atom. The van der Waals surface area contributed by atoms with Crippen molar-refractivity contribution >= 4 is 11.8 Å². The molecule has 0 unspecified atom stereocenters. The molecule has 0 radical (unpaired) electrons. The van der Waals surface area contributed by atoms with E-state index in [0.29, 0.717) is 20.9 Å². The van der Waals surface area contributed by atoms with Gasteiger partial charge in [-0.1, -0.05) is 23.9 Å². The lowest BCUT2D eigenvalue weighted by molar-refractivity contribution is 0.196. The molecule has 0 amide bonds. The third-order valence-corrected chi connectivity index (χ3v) is 3.92. The normalized spacial score (nSPS) is 12.5. The van der Waals surface area contributed by atoms with Crippen LogP contribution in [0.15, 0.2) is 46.2 Å². The number of halogens is 2. The molecule has 0 aliphatic heterocycles. The van der Waals surface area contributed by atoms with Gasteiger partial charge in [0.2, 0.25) is 0 Å². The minimum atomic E-state index is -0.802. The van der Waals surface area contributed by atoms with Gasteiger partial charge in [-0.25, -0.2) is 8.78 Å². The molecule has 4 heteroatoms. The van der Waals surface area contributed by atoms with E-state index >= 15 is 0 Å². The van der Waals surface area contributed by atoms with E-state index in [1.54, 1.807) is 38.1 Å². The highest BCUT2D eigenvalue weighted by Crippen LogP contribution is 2.36. The summed E-state index contributed by atoms with van der Waals surface area (Å²) in [6, 6.07) is 9.33. The highest BCUT2D eigenvalue weighted by Gasteiger charge is 2.14.